The van der Waals surface area contributed by atoms with Crippen LogP contribution in [0.25, 0.3) is 0 Å². The molecule has 4 nitrogen and oxygen atoms in total. The standard InChI is InChI=1S/C12H20O4S/c1-4-14-12(15-5-2,16-6-3)10-13-11-8-7-9-17-11/h7-9H,4-6,10H2,1-3H3. The number of rotatable bonds is 9. The van der Waals surface area contributed by atoms with Crippen molar-refractivity contribution in [2.45, 2.75) is 26.7 Å². The van der Waals surface area contributed by atoms with Crippen molar-refractivity contribution in [3.8, 4) is 5.06 Å². The molecule has 5 heteroatoms. The molecule has 1 heterocycles. The van der Waals surface area contributed by atoms with E-state index < -0.39 is 5.97 Å². The van der Waals surface area contributed by atoms with Crippen molar-refractivity contribution in [3.05, 3.63) is 17.5 Å². The van der Waals surface area contributed by atoms with Gasteiger partial charge in [0.15, 0.2) is 11.7 Å². The van der Waals surface area contributed by atoms with Crippen LogP contribution in [0, 0.1) is 0 Å². The summed E-state index contributed by atoms with van der Waals surface area (Å²) in [6.45, 7) is 7.45. The van der Waals surface area contributed by atoms with Gasteiger partial charge in [-0.25, -0.2) is 0 Å². The molecule has 0 aliphatic carbocycles. The van der Waals surface area contributed by atoms with Crippen LogP contribution in [-0.2, 0) is 14.2 Å². The summed E-state index contributed by atoms with van der Waals surface area (Å²) in [7, 11) is 0. The fourth-order valence-corrected chi connectivity index (χ4v) is 1.99. The van der Waals surface area contributed by atoms with E-state index in [9.17, 15) is 0 Å². The van der Waals surface area contributed by atoms with E-state index in [4.69, 9.17) is 18.9 Å². The second kappa shape index (κ2) is 7.66. The van der Waals surface area contributed by atoms with E-state index in [-0.39, 0.29) is 6.61 Å². The van der Waals surface area contributed by atoms with Crippen molar-refractivity contribution >= 4 is 11.3 Å². The predicted molar refractivity (Wildman–Crippen MR) is 67.4 cm³/mol. The Hall–Kier alpha value is -0.620. The van der Waals surface area contributed by atoms with Crippen molar-refractivity contribution in [1.82, 2.24) is 0 Å². The minimum absolute atomic E-state index is 0.225. The normalized spacial score (nSPS) is 11.7. The lowest BCUT2D eigenvalue weighted by Gasteiger charge is -2.31. The van der Waals surface area contributed by atoms with Gasteiger partial charge in [0, 0.05) is 19.8 Å². The van der Waals surface area contributed by atoms with Crippen molar-refractivity contribution in [2.24, 2.45) is 0 Å². The molecule has 1 rings (SSSR count). The molecule has 0 fully saturated rings. The summed E-state index contributed by atoms with van der Waals surface area (Å²) in [5.74, 6) is -1.09. The third kappa shape index (κ3) is 4.63. The second-order valence-corrected chi connectivity index (χ2v) is 4.11. The van der Waals surface area contributed by atoms with Crippen LogP contribution in [-0.4, -0.2) is 32.4 Å². The summed E-state index contributed by atoms with van der Waals surface area (Å²) in [5.41, 5.74) is 0. The zero-order chi connectivity index (χ0) is 12.6. The summed E-state index contributed by atoms with van der Waals surface area (Å²) < 4.78 is 22.2. The summed E-state index contributed by atoms with van der Waals surface area (Å²) in [5, 5.41) is 2.78. The zero-order valence-electron chi connectivity index (χ0n) is 10.6. The van der Waals surface area contributed by atoms with Crippen LogP contribution in [0.15, 0.2) is 17.5 Å². The maximum Gasteiger partial charge on any atom is 0.319 e. The van der Waals surface area contributed by atoms with Crippen molar-refractivity contribution in [2.75, 3.05) is 26.4 Å². The Morgan fingerprint density at radius 1 is 1.06 bits per heavy atom. The maximum absolute atomic E-state index is 5.61. The summed E-state index contributed by atoms with van der Waals surface area (Å²) in [6.07, 6.45) is 0. The Morgan fingerprint density at radius 3 is 2.06 bits per heavy atom. The lowest BCUT2D eigenvalue weighted by atomic mass is 10.5. The minimum Gasteiger partial charge on any atom is -0.476 e. The minimum atomic E-state index is -1.09. The molecule has 0 aliphatic heterocycles. The molecule has 0 unspecified atom stereocenters. The number of hydrogen-bond donors (Lipinski definition) is 0. The lowest BCUT2D eigenvalue weighted by molar-refractivity contribution is -0.384. The molecular formula is C12H20O4S. The van der Waals surface area contributed by atoms with Gasteiger partial charge in [-0.15, -0.1) is 11.3 Å². The Morgan fingerprint density at radius 2 is 1.65 bits per heavy atom. The van der Waals surface area contributed by atoms with E-state index in [1.54, 1.807) is 0 Å². The molecule has 0 aromatic carbocycles. The Kier molecular flexibility index (Phi) is 6.50. The van der Waals surface area contributed by atoms with Crippen molar-refractivity contribution in [3.63, 3.8) is 0 Å². The Labute approximate surface area is 106 Å². The van der Waals surface area contributed by atoms with E-state index in [2.05, 4.69) is 0 Å². The predicted octanol–water partition coefficient (Wildman–Crippen LogP) is 2.89. The van der Waals surface area contributed by atoms with Gasteiger partial charge < -0.3 is 18.9 Å². The molecule has 98 valence electrons. The molecular weight excluding hydrogens is 240 g/mol. The molecule has 0 spiro atoms. The van der Waals surface area contributed by atoms with Gasteiger partial charge in [-0.1, -0.05) is 0 Å². The molecule has 0 radical (unpaired) electrons. The largest absolute Gasteiger partial charge is 0.476 e. The summed E-state index contributed by atoms with van der Waals surface area (Å²) in [6, 6.07) is 3.84. The van der Waals surface area contributed by atoms with Crippen LogP contribution in [0.3, 0.4) is 0 Å². The van der Waals surface area contributed by atoms with Gasteiger partial charge in [0.25, 0.3) is 0 Å². The van der Waals surface area contributed by atoms with E-state index >= 15 is 0 Å². The average molecular weight is 260 g/mol. The van der Waals surface area contributed by atoms with Gasteiger partial charge in [-0.3, -0.25) is 0 Å². The van der Waals surface area contributed by atoms with Crippen LogP contribution in [0.5, 0.6) is 5.06 Å². The third-order valence-electron chi connectivity index (χ3n) is 1.98. The van der Waals surface area contributed by atoms with E-state index in [1.165, 1.54) is 11.3 Å². The molecule has 0 aliphatic rings. The van der Waals surface area contributed by atoms with Gasteiger partial charge in [0.05, 0.1) is 0 Å². The average Bonchev–Trinajstić information content (AvgIpc) is 2.80. The first-order valence-corrected chi connectivity index (χ1v) is 6.72. The molecule has 0 bridgehead atoms. The smallest absolute Gasteiger partial charge is 0.319 e. The quantitative estimate of drug-likeness (QED) is 0.640. The topological polar surface area (TPSA) is 36.9 Å². The van der Waals surface area contributed by atoms with Crippen molar-refractivity contribution < 1.29 is 18.9 Å². The Balaban J connectivity index is 2.59. The van der Waals surface area contributed by atoms with Gasteiger partial charge in [-0.2, -0.15) is 0 Å². The SMILES string of the molecule is CCOC(COc1cccs1)(OCC)OCC. The molecule has 0 amide bonds. The summed E-state index contributed by atoms with van der Waals surface area (Å²) >= 11 is 1.53. The highest BCUT2D eigenvalue weighted by Crippen LogP contribution is 2.22. The van der Waals surface area contributed by atoms with Crippen LogP contribution >= 0.6 is 11.3 Å². The molecule has 17 heavy (non-hydrogen) atoms. The molecule has 1 aromatic heterocycles. The molecule has 0 N–H and O–H groups in total. The van der Waals surface area contributed by atoms with Gasteiger partial charge in [-0.05, 0) is 38.3 Å². The highest BCUT2D eigenvalue weighted by Gasteiger charge is 2.34. The fraction of sp³-hybridized carbons (Fsp3) is 0.667. The number of thiophene rings is 1. The highest BCUT2D eigenvalue weighted by molar-refractivity contribution is 7.11. The van der Waals surface area contributed by atoms with Crippen LogP contribution in [0.1, 0.15) is 20.8 Å². The summed E-state index contributed by atoms with van der Waals surface area (Å²) in [4.78, 5) is 0. The molecule has 0 atom stereocenters. The van der Waals surface area contributed by atoms with Gasteiger partial charge >= 0.3 is 5.97 Å². The van der Waals surface area contributed by atoms with E-state index in [1.807, 2.05) is 38.3 Å². The highest BCUT2D eigenvalue weighted by atomic mass is 32.1. The number of hydrogen-bond acceptors (Lipinski definition) is 5. The molecule has 0 saturated carbocycles. The first-order chi connectivity index (χ1) is 8.26. The van der Waals surface area contributed by atoms with Gasteiger partial charge in [0.1, 0.15) is 0 Å². The van der Waals surface area contributed by atoms with Gasteiger partial charge in [0.2, 0.25) is 0 Å². The molecule has 0 saturated heterocycles. The molecule has 1 aromatic rings. The van der Waals surface area contributed by atoms with Crippen LogP contribution in [0.2, 0.25) is 0 Å². The fourth-order valence-electron chi connectivity index (χ4n) is 1.41. The maximum atomic E-state index is 5.61. The Bertz CT molecular complexity index is 270. The first-order valence-electron chi connectivity index (χ1n) is 5.84. The van der Waals surface area contributed by atoms with Crippen LogP contribution < -0.4 is 4.74 Å². The number of ether oxygens (including phenoxy) is 4. The van der Waals surface area contributed by atoms with Crippen molar-refractivity contribution in [1.29, 1.82) is 0 Å². The third-order valence-corrected chi connectivity index (χ3v) is 2.76. The van der Waals surface area contributed by atoms with Crippen LogP contribution in [0.4, 0.5) is 0 Å². The van der Waals surface area contributed by atoms with E-state index in [0.717, 1.165) is 5.06 Å². The first kappa shape index (κ1) is 14.4. The van der Waals surface area contributed by atoms with E-state index in [0.29, 0.717) is 19.8 Å². The monoisotopic (exact) mass is 260 g/mol. The lowest BCUT2D eigenvalue weighted by Crippen LogP contribution is -2.45. The zero-order valence-corrected chi connectivity index (χ0v) is 11.4. The second-order valence-electron chi connectivity index (χ2n) is 3.20.